The normalized spacial score (nSPS) is 11.0. The van der Waals surface area contributed by atoms with Crippen molar-refractivity contribution in [2.75, 3.05) is 5.32 Å². The number of carbonyl (C=O) groups is 4. The Morgan fingerprint density at radius 2 is 1.74 bits per heavy atom. The molecule has 2 heterocycles. The van der Waals surface area contributed by atoms with Crippen molar-refractivity contribution >= 4 is 52.1 Å². The van der Waals surface area contributed by atoms with Crippen LogP contribution in [0.3, 0.4) is 0 Å². The minimum Gasteiger partial charge on any atom is -0.444 e. The van der Waals surface area contributed by atoms with Crippen LogP contribution in [0.25, 0.3) is 10.9 Å². The Morgan fingerprint density at radius 3 is 2.42 bits per heavy atom. The molecule has 0 fully saturated rings. The summed E-state index contributed by atoms with van der Waals surface area (Å²) in [6, 6.07) is 8.65. The topological polar surface area (TPSA) is 151 Å². The average Bonchev–Trinajstić information content (AvgIpc) is 2.80. The van der Waals surface area contributed by atoms with Crippen LogP contribution in [-0.2, 0) is 32.1 Å². The Hall–Kier alpha value is -4.25. The fourth-order valence-corrected chi connectivity index (χ4v) is 3.69. The number of ether oxygens (including phenoxy) is 1. The standard InChI is InChI=1S/C26H29ClN6O5/c1-14-8-21(31-25(37)38-26(3,4)5)30-15(2)19(14)13-29-23(35)24(36)33-32-22(34)10-16-6-7-20-17(9-16)11-18(27)12-28-20/h6-9,11-12H,10,13H2,1-5H3,(H,29,35)(H,32,34)(H,33,36)(H,30,31,37). The summed E-state index contributed by atoms with van der Waals surface area (Å²) in [7, 11) is 0. The molecule has 0 saturated heterocycles. The first-order valence-electron chi connectivity index (χ1n) is 11.7. The summed E-state index contributed by atoms with van der Waals surface area (Å²) in [6.45, 7) is 8.78. The van der Waals surface area contributed by atoms with E-state index in [1.54, 1.807) is 65.0 Å². The number of nitrogens with zero attached hydrogens (tertiary/aromatic N) is 2. The van der Waals surface area contributed by atoms with Gasteiger partial charge >= 0.3 is 17.9 Å². The zero-order valence-electron chi connectivity index (χ0n) is 21.7. The van der Waals surface area contributed by atoms with Gasteiger partial charge in [-0.2, -0.15) is 0 Å². The van der Waals surface area contributed by atoms with E-state index in [4.69, 9.17) is 16.3 Å². The fraction of sp³-hybridized carbons (Fsp3) is 0.308. The lowest BCUT2D eigenvalue weighted by Gasteiger charge is -2.20. The number of carbonyl (C=O) groups excluding carboxylic acids is 4. The molecule has 2 aromatic heterocycles. The van der Waals surface area contributed by atoms with Crippen LogP contribution < -0.4 is 21.5 Å². The number of hydrazine groups is 1. The highest BCUT2D eigenvalue weighted by molar-refractivity contribution is 6.35. The monoisotopic (exact) mass is 540 g/mol. The number of benzene rings is 1. The molecule has 3 aromatic rings. The number of hydrogen-bond acceptors (Lipinski definition) is 7. The molecule has 0 atom stereocenters. The van der Waals surface area contributed by atoms with Crippen molar-refractivity contribution in [3.05, 3.63) is 63.9 Å². The van der Waals surface area contributed by atoms with E-state index >= 15 is 0 Å². The van der Waals surface area contributed by atoms with E-state index in [2.05, 4.69) is 31.5 Å². The zero-order chi connectivity index (χ0) is 28.0. The Balaban J connectivity index is 1.49. The second kappa shape index (κ2) is 11.9. The molecule has 0 aliphatic rings. The highest BCUT2D eigenvalue weighted by Gasteiger charge is 2.19. The second-order valence-corrected chi connectivity index (χ2v) is 9.99. The van der Waals surface area contributed by atoms with Gasteiger partial charge in [0.1, 0.15) is 11.4 Å². The molecule has 38 heavy (non-hydrogen) atoms. The highest BCUT2D eigenvalue weighted by Crippen LogP contribution is 2.19. The average molecular weight is 541 g/mol. The molecule has 0 aliphatic heterocycles. The molecular formula is C26H29ClN6O5. The number of aromatic nitrogens is 2. The molecule has 0 unspecified atom stereocenters. The minimum atomic E-state index is -1.03. The van der Waals surface area contributed by atoms with Gasteiger partial charge in [0, 0.05) is 23.8 Å². The molecule has 1 aromatic carbocycles. The predicted octanol–water partition coefficient (Wildman–Crippen LogP) is 3.25. The molecule has 12 heteroatoms. The van der Waals surface area contributed by atoms with Crippen molar-refractivity contribution in [2.24, 2.45) is 0 Å². The largest absolute Gasteiger partial charge is 0.444 e. The van der Waals surface area contributed by atoms with Crippen LogP contribution in [0.15, 0.2) is 36.5 Å². The minimum absolute atomic E-state index is 0.0191. The molecular weight excluding hydrogens is 512 g/mol. The van der Waals surface area contributed by atoms with Gasteiger partial charge in [0.2, 0.25) is 5.91 Å². The number of aryl methyl sites for hydroxylation is 2. The van der Waals surface area contributed by atoms with E-state index < -0.39 is 29.4 Å². The Bertz CT molecular complexity index is 1380. The van der Waals surface area contributed by atoms with Crippen LogP contribution in [0, 0.1) is 13.8 Å². The molecule has 4 amide bonds. The van der Waals surface area contributed by atoms with Gasteiger partial charge in [-0.3, -0.25) is 35.5 Å². The number of anilines is 1. The van der Waals surface area contributed by atoms with Crippen LogP contribution in [0.4, 0.5) is 10.6 Å². The van der Waals surface area contributed by atoms with Crippen LogP contribution in [0.1, 0.15) is 43.2 Å². The summed E-state index contributed by atoms with van der Waals surface area (Å²) >= 11 is 5.97. The molecule has 0 radical (unpaired) electrons. The molecule has 0 saturated carbocycles. The zero-order valence-corrected chi connectivity index (χ0v) is 22.4. The van der Waals surface area contributed by atoms with Crippen LogP contribution in [-0.4, -0.2) is 39.4 Å². The Labute approximate surface area is 224 Å². The number of amides is 4. The van der Waals surface area contributed by atoms with Gasteiger partial charge in [0.05, 0.1) is 17.0 Å². The summed E-state index contributed by atoms with van der Waals surface area (Å²) in [5.41, 5.74) is 7.06. The van der Waals surface area contributed by atoms with Gasteiger partial charge in [0.25, 0.3) is 0 Å². The predicted molar refractivity (Wildman–Crippen MR) is 142 cm³/mol. The number of halogens is 1. The van der Waals surface area contributed by atoms with Crippen molar-refractivity contribution in [3.63, 3.8) is 0 Å². The van der Waals surface area contributed by atoms with Crippen molar-refractivity contribution in [1.82, 2.24) is 26.1 Å². The lowest BCUT2D eigenvalue weighted by atomic mass is 10.1. The van der Waals surface area contributed by atoms with E-state index in [9.17, 15) is 19.2 Å². The third-order valence-corrected chi connectivity index (χ3v) is 5.41. The van der Waals surface area contributed by atoms with Gasteiger partial charge in [-0.15, -0.1) is 0 Å². The summed E-state index contributed by atoms with van der Waals surface area (Å²) in [5, 5.41) is 6.33. The number of fused-ring (bicyclic) bond motifs is 1. The number of pyridine rings is 2. The van der Waals surface area contributed by atoms with Crippen molar-refractivity contribution in [3.8, 4) is 0 Å². The van der Waals surface area contributed by atoms with Gasteiger partial charge in [-0.05, 0) is 75.6 Å². The van der Waals surface area contributed by atoms with E-state index in [1.165, 1.54) is 6.20 Å². The smallest absolute Gasteiger partial charge is 0.413 e. The molecule has 11 nitrogen and oxygen atoms in total. The molecule has 0 aliphatic carbocycles. The Morgan fingerprint density at radius 1 is 1.00 bits per heavy atom. The lowest BCUT2D eigenvalue weighted by Crippen LogP contribution is -2.48. The summed E-state index contributed by atoms with van der Waals surface area (Å²) in [4.78, 5) is 57.2. The molecule has 3 rings (SSSR count). The van der Waals surface area contributed by atoms with Gasteiger partial charge in [0.15, 0.2) is 0 Å². The SMILES string of the molecule is Cc1cc(NC(=O)OC(C)(C)C)nc(C)c1CNC(=O)C(=O)NNC(=O)Cc1ccc2ncc(Cl)cc2c1. The third-order valence-electron chi connectivity index (χ3n) is 5.21. The first kappa shape index (κ1) is 28.3. The first-order valence-corrected chi connectivity index (χ1v) is 12.1. The highest BCUT2D eigenvalue weighted by atomic mass is 35.5. The Kier molecular flexibility index (Phi) is 8.84. The van der Waals surface area contributed by atoms with E-state index in [0.717, 1.165) is 16.5 Å². The lowest BCUT2D eigenvalue weighted by molar-refractivity contribution is -0.140. The van der Waals surface area contributed by atoms with Crippen LogP contribution >= 0.6 is 11.6 Å². The van der Waals surface area contributed by atoms with Crippen molar-refractivity contribution in [2.45, 2.75) is 53.2 Å². The van der Waals surface area contributed by atoms with Crippen LogP contribution in [0.2, 0.25) is 5.02 Å². The van der Waals surface area contributed by atoms with Crippen molar-refractivity contribution in [1.29, 1.82) is 0 Å². The maximum absolute atomic E-state index is 12.2. The second-order valence-electron chi connectivity index (χ2n) is 9.56. The quantitative estimate of drug-likeness (QED) is 0.286. The van der Waals surface area contributed by atoms with Crippen molar-refractivity contribution < 1.29 is 23.9 Å². The summed E-state index contributed by atoms with van der Waals surface area (Å²) in [5.74, 6) is -2.18. The molecule has 200 valence electrons. The number of rotatable bonds is 5. The maximum atomic E-state index is 12.2. The summed E-state index contributed by atoms with van der Waals surface area (Å²) in [6.07, 6.45) is 0.873. The molecule has 4 N–H and O–H groups in total. The van der Waals surface area contributed by atoms with E-state index in [1.807, 2.05) is 0 Å². The third kappa shape index (κ3) is 8.13. The molecule has 0 spiro atoms. The number of nitrogens with one attached hydrogen (secondary N) is 4. The van der Waals surface area contributed by atoms with E-state index in [-0.39, 0.29) is 13.0 Å². The van der Waals surface area contributed by atoms with E-state index in [0.29, 0.717) is 27.7 Å². The fourth-order valence-electron chi connectivity index (χ4n) is 3.52. The van der Waals surface area contributed by atoms with Gasteiger partial charge in [-0.1, -0.05) is 17.7 Å². The van der Waals surface area contributed by atoms with Gasteiger partial charge < -0.3 is 10.1 Å². The first-order chi connectivity index (χ1) is 17.8. The molecule has 0 bridgehead atoms. The summed E-state index contributed by atoms with van der Waals surface area (Å²) < 4.78 is 5.22. The van der Waals surface area contributed by atoms with Crippen LogP contribution in [0.5, 0.6) is 0 Å². The maximum Gasteiger partial charge on any atom is 0.413 e. The number of hydrogen-bond donors (Lipinski definition) is 4. The van der Waals surface area contributed by atoms with Gasteiger partial charge in [-0.25, -0.2) is 9.78 Å².